The van der Waals surface area contributed by atoms with Crippen LogP contribution in [0.3, 0.4) is 0 Å². The van der Waals surface area contributed by atoms with Gasteiger partial charge in [0.25, 0.3) is 5.69 Å². The number of nitrogens with zero attached hydrogens (tertiary/aromatic N) is 1. The van der Waals surface area contributed by atoms with Gasteiger partial charge in [-0.1, -0.05) is 41.4 Å². The molecule has 0 fully saturated rings. The molecule has 0 unspecified atom stereocenters. The van der Waals surface area contributed by atoms with E-state index in [0.717, 1.165) is 4.47 Å². The summed E-state index contributed by atoms with van der Waals surface area (Å²) in [6, 6.07) is 10.3. The van der Waals surface area contributed by atoms with Crippen LogP contribution in [0.15, 0.2) is 40.9 Å². The summed E-state index contributed by atoms with van der Waals surface area (Å²) in [5.74, 6) is 0. The zero-order chi connectivity index (χ0) is 15.4. The molecule has 110 valence electrons. The van der Waals surface area contributed by atoms with Crippen LogP contribution in [0, 0.1) is 10.1 Å². The van der Waals surface area contributed by atoms with Crippen LogP contribution in [0.25, 0.3) is 0 Å². The second kappa shape index (κ2) is 7.11. The molecule has 4 nitrogen and oxygen atoms in total. The van der Waals surface area contributed by atoms with E-state index in [1.807, 2.05) is 0 Å². The van der Waals surface area contributed by atoms with E-state index in [1.54, 1.807) is 30.3 Å². The highest BCUT2D eigenvalue weighted by Crippen LogP contribution is 2.35. The van der Waals surface area contributed by atoms with Crippen LogP contribution in [0.4, 0.5) is 11.4 Å². The van der Waals surface area contributed by atoms with Crippen LogP contribution < -0.4 is 5.32 Å². The Morgan fingerprint density at radius 1 is 1.14 bits per heavy atom. The van der Waals surface area contributed by atoms with E-state index in [9.17, 15) is 10.1 Å². The Bertz CT molecular complexity index is 680. The van der Waals surface area contributed by atoms with E-state index < -0.39 is 0 Å². The number of anilines is 1. The Balaban J connectivity index is 2.06. The zero-order valence-corrected chi connectivity index (χ0v) is 13.9. The lowest BCUT2D eigenvalue weighted by Crippen LogP contribution is -2.07. The highest BCUT2D eigenvalue weighted by atomic mass is 79.9. The minimum Gasteiger partial charge on any atom is -0.383 e. The Kier molecular flexibility index (Phi) is 5.45. The number of para-hydroxylation sites is 1. The van der Waals surface area contributed by atoms with Crippen molar-refractivity contribution in [3.8, 4) is 0 Å². The third kappa shape index (κ3) is 3.87. The highest BCUT2D eigenvalue weighted by molar-refractivity contribution is 9.10. The van der Waals surface area contributed by atoms with Gasteiger partial charge in [-0.25, -0.2) is 0 Å². The van der Waals surface area contributed by atoms with Gasteiger partial charge in [-0.2, -0.15) is 0 Å². The van der Waals surface area contributed by atoms with Gasteiger partial charge in [-0.15, -0.1) is 0 Å². The summed E-state index contributed by atoms with van der Waals surface area (Å²) < 4.78 is 0.721. The van der Waals surface area contributed by atoms with Gasteiger partial charge >= 0.3 is 0 Å². The van der Waals surface area contributed by atoms with Crippen molar-refractivity contribution in [3.63, 3.8) is 0 Å². The lowest BCUT2D eigenvalue weighted by molar-refractivity contribution is -0.385. The molecule has 0 bridgehead atoms. The molecule has 0 amide bonds. The molecule has 0 saturated heterocycles. The lowest BCUT2D eigenvalue weighted by atomic mass is 10.1. The second-order valence-electron chi connectivity index (χ2n) is 4.29. The molecule has 0 saturated carbocycles. The van der Waals surface area contributed by atoms with E-state index >= 15 is 0 Å². The van der Waals surface area contributed by atoms with Gasteiger partial charge in [0.2, 0.25) is 0 Å². The first kappa shape index (κ1) is 16.1. The average Bonchev–Trinajstić information content (AvgIpc) is 2.47. The molecule has 0 radical (unpaired) electrons. The Labute approximate surface area is 140 Å². The quantitative estimate of drug-likeness (QED) is 0.427. The van der Waals surface area contributed by atoms with Crippen molar-refractivity contribution in [1.82, 2.24) is 0 Å². The minimum atomic E-state index is -0.376. The topological polar surface area (TPSA) is 55.2 Å². The molecule has 0 aliphatic rings. The van der Waals surface area contributed by atoms with E-state index in [2.05, 4.69) is 21.2 Å². The molecule has 0 aromatic heterocycles. The van der Waals surface area contributed by atoms with Crippen molar-refractivity contribution in [2.24, 2.45) is 0 Å². The fraction of sp³-hybridized carbons (Fsp3) is 0.143. The van der Waals surface area contributed by atoms with Crippen molar-refractivity contribution < 1.29 is 4.92 Å². The first-order valence-electron chi connectivity index (χ1n) is 6.10. The van der Waals surface area contributed by atoms with Crippen LogP contribution in [0.1, 0.15) is 5.56 Å². The van der Waals surface area contributed by atoms with Crippen LogP contribution in [0.5, 0.6) is 0 Å². The van der Waals surface area contributed by atoms with E-state index in [-0.39, 0.29) is 10.6 Å². The average molecular weight is 390 g/mol. The molecule has 0 heterocycles. The fourth-order valence-corrected chi connectivity index (χ4v) is 2.74. The maximum Gasteiger partial charge on any atom is 0.272 e. The molecule has 0 aliphatic carbocycles. The molecule has 2 rings (SSSR count). The number of hydrogen-bond donors (Lipinski definition) is 1. The summed E-state index contributed by atoms with van der Waals surface area (Å²) >= 11 is 15.5. The van der Waals surface area contributed by atoms with Gasteiger partial charge in [0.15, 0.2) is 0 Å². The van der Waals surface area contributed by atoms with Gasteiger partial charge in [0.1, 0.15) is 0 Å². The third-order valence-corrected chi connectivity index (χ3v) is 4.70. The molecule has 21 heavy (non-hydrogen) atoms. The van der Waals surface area contributed by atoms with Crippen LogP contribution in [0.2, 0.25) is 10.0 Å². The van der Waals surface area contributed by atoms with Crippen LogP contribution >= 0.6 is 39.1 Å². The Hall–Kier alpha value is -1.30. The monoisotopic (exact) mass is 388 g/mol. The van der Waals surface area contributed by atoms with Gasteiger partial charge in [0.05, 0.1) is 20.7 Å². The van der Waals surface area contributed by atoms with Crippen molar-refractivity contribution in [2.75, 3.05) is 11.9 Å². The molecule has 2 aromatic rings. The van der Waals surface area contributed by atoms with E-state index in [1.165, 1.54) is 6.07 Å². The summed E-state index contributed by atoms with van der Waals surface area (Å²) in [5, 5.41) is 14.9. The zero-order valence-electron chi connectivity index (χ0n) is 10.8. The van der Waals surface area contributed by atoms with Crippen molar-refractivity contribution in [1.29, 1.82) is 0 Å². The van der Waals surface area contributed by atoms with Gasteiger partial charge in [-0.3, -0.25) is 10.1 Å². The standard InChI is InChI=1S/C14H11BrCl2N2O2/c15-10-5-6-11(14(17)13(10)16)18-8-7-9-3-1-2-4-12(9)19(20)21/h1-6,18H,7-8H2. The molecule has 2 aromatic carbocycles. The van der Waals surface area contributed by atoms with Crippen molar-refractivity contribution >= 4 is 50.5 Å². The number of halogens is 3. The predicted octanol–water partition coefficient (Wildman–Crippen LogP) is 5.32. The van der Waals surface area contributed by atoms with E-state index in [0.29, 0.717) is 34.3 Å². The fourth-order valence-electron chi connectivity index (χ4n) is 1.89. The van der Waals surface area contributed by atoms with Crippen molar-refractivity contribution in [3.05, 3.63) is 66.6 Å². The summed E-state index contributed by atoms with van der Waals surface area (Å²) in [6.45, 7) is 0.516. The number of benzene rings is 2. The molecule has 0 spiro atoms. The molecular formula is C14H11BrCl2N2O2. The number of hydrogen-bond acceptors (Lipinski definition) is 3. The number of nitro groups is 1. The SMILES string of the molecule is O=[N+]([O-])c1ccccc1CCNc1ccc(Br)c(Cl)c1Cl. The number of nitro benzene ring substituents is 1. The van der Waals surface area contributed by atoms with Gasteiger partial charge in [-0.05, 0) is 34.5 Å². The first-order chi connectivity index (χ1) is 10.0. The molecule has 0 atom stereocenters. The Morgan fingerprint density at radius 2 is 1.86 bits per heavy atom. The number of rotatable bonds is 5. The molecule has 1 N–H and O–H groups in total. The summed E-state index contributed by atoms with van der Waals surface area (Å²) in [5.41, 5.74) is 1.50. The predicted molar refractivity (Wildman–Crippen MR) is 89.5 cm³/mol. The molecule has 0 aliphatic heterocycles. The normalized spacial score (nSPS) is 10.4. The van der Waals surface area contributed by atoms with Gasteiger partial charge < -0.3 is 5.32 Å². The maximum atomic E-state index is 10.9. The largest absolute Gasteiger partial charge is 0.383 e. The van der Waals surface area contributed by atoms with Crippen LogP contribution in [-0.2, 0) is 6.42 Å². The summed E-state index contributed by atoms with van der Waals surface area (Å²) in [6.07, 6.45) is 0.515. The molecular weight excluding hydrogens is 379 g/mol. The molecule has 7 heteroatoms. The first-order valence-corrected chi connectivity index (χ1v) is 7.65. The highest BCUT2D eigenvalue weighted by Gasteiger charge is 2.12. The smallest absolute Gasteiger partial charge is 0.272 e. The maximum absolute atomic E-state index is 10.9. The Morgan fingerprint density at radius 3 is 2.57 bits per heavy atom. The third-order valence-electron chi connectivity index (χ3n) is 2.93. The minimum absolute atomic E-state index is 0.124. The summed E-state index contributed by atoms with van der Waals surface area (Å²) in [4.78, 5) is 10.6. The lowest BCUT2D eigenvalue weighted by Gasteiger charge is -2.10. The van der Waals surface area contributed by atoms with Crippen molar-refractivity contribution in [2.45, 2.75) is 6.42 Å². The second-order valence-corrected chi connectivity index (χ2v) is 5.90. The van der Waals surface area contributed by atoms with Gasteiger partial charge in [0, 0.05) is 22.6 Å². The van der Waals surface area contributed by atoms with E-state index in [4.69, 9.17) is 23.2 Å². The van der Waals surface area contributed by atoms with Crippen LogP contribution in [-0.4, -0.2) is 11.5 Å². The number of nitrogens with one attached hydrogen (secondary N) is 1. The summed E-state index contributed by atoms with van der Waals surface area (Å²) in [7, 11) is 0.